The van der Waals surface area contributed by atoms with E-state index < -0.39 is 0 Å². The molecule has 1 atom stereocenters. The molecule has 0 spiro atoms. The van der Waals surface area contributed by atoms with E-state index in [0.717, 1.165) is 41.0 Å². The van der Waals surface area contributed by atoms with Crippen LogP contribution >= 0.6 is 11.6 Å². The first kappa shape index (κ1) is 20.5. The maximum atomic E-state index is 13.1. The van der Waals surface area contributed by atoms with E-state index in [4.69, 9.17) is 16.3 Å². The number of Topliss-reactive ketones (excluding diaryl/α,β-unsaturated/α-hetero) is 1. The number of methoxy groups -OCH3 is 1. The lowest BCUT2D eigenvalue weighted by molar-refractivity contribution is 0.0987. The average Bonchev–Trinajstić information content (AvgIpc) is 3.51. The van der Waals surface area contributed by atoms with Crippen LogP contribution in [0, 0.1) is 6.92 Å². The van der Waals surface area contributed by atoms with Crippen LogP contribution in [0.4, 0.5) is 0 Å². The maximum absolute atomic E-state index is 13.1. The molecule has 0 bridgehead atoms. The number of hydrogen-bond donors (Lipinski definition) is 0. The van der Waals surface area contributed by atoms with Crippen molar-refractivity contribution in [2.45, 2.75) is 32.2 Å². The summed E-state index contributed by atoms with van der Waals surface area (Å²) < 4.78 is 9.35. The van der Waals surface area contributed by atoms with Crippen molar-refractivity contribution in [1.29, 1.82) is 0 Å². The van der Waals surface area contributed by atoms with Gasteiger partial charge >= 0.3 is 0 Å². The van der Waals surface area contributed by atoms with E-state index in [1.54, 1.807) is 13.4 Å². The molecule has 4 aromatic rings. The van der Waals surface area contributed by atoms with Crippen LogP contribution < -0.4 is 4.74 Å². The lowest BCUT2D eigenvalue weighted by atomic mass is 10.0. The van der Waals surface area contributed by atoms with Gasteiger partial charge in [-0.3, -0.25) is 4.79 Å². The van der Waals surface area contributed by atoms with Gasteiger partial charge in [-0.25, -0.2) is 9.67 Å². The van der Waals surface area contributed by atoms with Gasteiger partial charge in [-0.1, -0.05) is 35.0 Å². The van der Waals surface area contributed by atoms with Gasteiger partial charge in [-0.15, -0.1) is 5.10 Å². The number of imidazole rings is 1. The Hall–Kier alpha value is -3.45. The van der Waals surface area contributed by atoms with Gasteiger partial charge in [0.1, 0.15) is 5.75 Å². The number of benzene rings is 2. The van der Waals surface area contributed by atoms with E-state index in [1.807, 2.05) is 64.8 Å². The smallest absolute Gasteiger partial charge is 0.189 e. The van der Waals surface area contributed by atoms with Crippen molar-refractivity contribution in [3.63, 3.8) is 0 Å². The Morgan fingerprint density at radius 2 is 2.03 bits per heavy atom. The van der Waals surface area contributed by atoms with Crippen LogP contribution in [0.3, 0.4) is 0 Å². The molecule has 1 aliphatic heterocycles. The van der Waals surface area contributed by atoms with Gasteiger partial charge in [0.15, 0.2) is 11.5 Å². The summed E-state index contributed by atoms with van der Waals surface area (Å²) in [5, 5.41) is 9.24. The highest BCUT2D eigenvalue weighted by molar-refractivity contribution is 6.30. The normalized spacial score (nSPS) is 15.0. The molecule has 7 nitrogen and oxygen atoms in total. The molecular weight excluding hydrogens is 426 g/mol. The first-order valence-electron chi connectivity index (χ1n) is 10.4. The number of aryl methyl sites for hydroxylation is 1. The first-order valence-corrected chi connectivity index (χ1v) is 10.8. The molecule has 8 heteroatoms. The maximum Gasteiger partial charge on any atom is 0.189 e. The molecule has 0 saturated heterocycles. The third-order valence-corrected chi connectivity index (χ3v) is 6.11. The van der Waals surface area contributed by atoms with E-state index in [0.29, 0.717) is 16.5 Å². The summed E-state index contributed by atoms with van der Waals surface area (Å²) in [6.45, 7) is 1.94. The van der Waals surface area contributed by atoms with Gasteiger partial charge in [-0.2, -0.15) is 0 Å². The van der Waals surface area contributed by atoms with E-state index in [9.17, 15) is 4.79 Å². The summed E-state index contributed by atoms with van der Waals surface area (Å²) in [6.07, 6.45) is 5.56. The predicted molar refractivity (Wildman–Crippen MR) is 121 cm³/mol. The SMILES string of the molecule is COc1cc(CC(=O)c2nnn3c2CC[C@@H]3c2ccc(Cl)cc2)ccc1-n1cnc(C)c1. The van der Waals surface area contributed by atoms with Gasteiger partial charge < -0.3 is 9.30 Å². The fourth-order valence-corrected chi connectivity index (χ4v) is 4.40. The predicted octanol–water partition coefficient (Wildman–Crippen LogP) is 4.40. The van der Waals surface area contributed by atoms with Gasteiger partial charge in [0, 0.05) is 17.6 Å². The lowest BCUT2D eigenvalue weighted by Crippen LogP contribution is -2.08. The van der Waals surface area contributed by atoms with Crippen LogP contribution in [-0.4, -0.2) is 37.4 Å². The summed E-state index contributed by atoms with van der Waals surface area (Å²) in [5.74, 6) is 0.639. The van der Waals surface area contributed by atoms with Gasteiger partial charge in [0.25, 0.3) is 0 Å². The molecule has 0 N–H and O–H groups in total. The van der Waals surface area contributed by atoms with E-state index in [-0.39, 0.29) is 18.2 Å². The molecule has 0 saturated carbocycles. The molecule has 162 valence electrons. The average molecular weight is 448 g/mol. The number of aromatic nitrogens is 5. The minimum absolute atomic E-state index is 0.0451. The molecule has 0 amide bonds. The Morgan fingerprint density at radius 1 is 1.22 bits per heavy atom. The minimum atomic E-state index is -0.0451. The van der Waals surface area contributed by atoms with Crippen LogP contribution in [0.25, 0.3) is 5.69 Å². The number of ether oxygens (including phenoxy) is 1. The summed E-state index contributed by atoms with van der Waals surface area (Å²) in [6, 6.07) is 13.6. The highest BCUT2D eigenvalue weighted by Gasteiger charge is 2.30. The number of fused-ring (bicyclic) bond motifs is 1. The van der Waals surface area contributed by atoms with Gasteiger partial charge in [0.2, 0.25) is 0 Å². The zero-order valence-corrected chi connectivity index (χ0v) is 18.6. The monoisotopic (exact) mass is 447 g/mol. The van der Waals surface area contributed by atoms with Crippen molar-refractivity contribution in [1.82, 2.24) is 24.5 Å². The highest BCUT2D eigenvalue weighted by atomic mass is 35.5. The number of ketones is 1. The number of hydrogen-bond acceptors (Lipinski definition) is 5. The number of carbonyl (C=O) groups excluding carboxylic acids is 1. The Bertz CT molecular complexity index is 1290. The molecule has 0 aliphatic carbocycles. The van der Waals surface area contributed by atoms with Crippen molar-refractivity contribution in [2.75, 3.05) is 7.11 Å². The number of nitrogens with zero attached hydrogens (tertiary/aromatic N) is 5. The zero-order chi connectivity index (χ0) is 22.2. The molecule has 32 heavy (non-hydrogen) atoms. The molecular formula is C24H22ClN5O2. The quantitative estimate of drug-likeness (QED) is 0.410. The number of rotatable bonds is 6. The third kappa shape index (κ3) is 3.69. The Balaban J connectivity index is 1.37. The van der Waals surface area contributed by atoms with Crippen LogP contribution in [0.5, 0.6) is 5.75 Å². The van der Waals surface area contributed by atoms with E-state index >= 15 is 0 Å². The molecule has 5 rings (SSSR count). The van der Waals surface area contributed by atoms with Crippen molar-refractivity contribution in [2.24, 2.45) is 0 Å². The van der Waals surface area contributed by atoms with Crippen LogP contribution in [0.15, 0.2) is 55.0 Å². The van der Waals surface area contributed by atoms with Crippen LogP contribution in [0.2, 0.25) is 5.02 Å². The van der Waals surface area contributed by atoms with Gasteiger partial charge in [0.05, 0.1) is 36.6 Å². The Labute approximate surface area is 190 Å². The van der Waals surface area contributed by atoms with Gasteiger partial charge in [-0.05, 0) is 55.2 Å². The largest absolute Gasteiger partial charge is 0.495 e. The molecule has 0 fully saturated rings. The molecule has 1 aliphatic rings. The zero-order valence-electron chi connectivity index (χ0n) is 17.8. The first-order chi connectivity index (χ1) is 15.5. The lowest BCUT2D eigenvalue weighted by Gasteiger charge is -2.11. The van der Waals surface area contributed by atoms with Crippen molar-refractivity contribution < 1.29 is 9.53 Å². The van der Waals surface area contributed by atoms with E-state index in [2.05, 4.69) is 15.3 Å². The molecule has 0 radical (unpaired) electrons. The fraction of sp³-hybridized carbons (Fsp3) is 0.250. The minimum Gasteiger partial charge on any atom is -0.495 e. The second-order valence-corrected chi connectivity index (χ2v) is 8.40. The standard InChI is InChI=1S/C24H22ClN5O2/c1-15-13-29(14-26-15)20-8-3-16(12-23(20)32-2)11-22(31)24-21-10-9-19(30(21)28-27-24)17-4-6-18(25)7-5-17/h3-8,12-14,19H,9-11H2,1-2H3/t19-/m1/s1. The Morgan fingerprint density at radius 3 is 2.75 bits per heavy atom. The molecule has 3 heterocycles. The second kappa shape index (κ2) is 8.24. The molecule has 2 aromatic heterocycles. The number of carbonyl (C=O) groups is 1. The second-order valence-electron chi connectivity index (χ2n) is 7.96. The summed E-state index contributed by atoms with van der Waals surface area (Å²) in [5.41, 5.74) is 5.12. The Kier molecular flexibility index (Phi) is 5.27. The topological polar surface area (TPSA) is 74.8 Å². The van der Waals surface area contributed by atoms with Crippen LogP contribution in [0.1, 0.15) is 45.5 Å². The number of halogens is 1. The summed E-state index contributed by atoms with van der Waals surface area (Å²) in [7, 11) is 1.62. The fourth-order valence-electron chi connectivity index (χ4n) is 4.27. The highest BCUT2D eigenvalue weighted by Crippen LogP contribution is 2.33. The van der Waals surface area contributed by atoms with E-state index in [1.165, 1.54) is 0 Å². The summed E-state index contributed by atoms with van der Waals surface area (Å²) >= 11 is 6.02. The van der Waals surface area contributed by atoms with Crippen molar-refractivity contribution in [3.05, 3.63) is 88.2 Å². The third-order valence-electron chi connectivity index (χ3n) is 5.86. The van der Waals surface area contributed by atoms with Crippen LogP contribution in [-0.2, 0) is 12.8 Å². The summed E-state index contributed by atoms with van der Waals surface area (Å²) in [4.78, 5) is 17.4. The van der Waals surface area contributed by atoms with Crippen molar-refractivity contribution in [3.8, 4) is 11.4 Å². The molecule has 2 aromatic carbocycles. The van der Waals surface area contributed by atoms with Crippen molar-refractivity contribution >= 4 is 17.4 Å². The molecule has 0 unspecified atom stereocenters.